The Morgan fingerprint density at radius 3 is 2.48 bits per heavy atom. The molecule has 0 saturated carbocycles. The van der Waals surface area contributed by atoms with Gasteiger partial charge in [-0.2, -0.15) is 4.72 Å². The van der Waals surface area contributed by atoms with Crippen LogP contribution < -0.4 is 4.72 Å². The standard InChI is InChI=1S/C21H22FNO5S/c1-2-6-18-17(13-19(28-18)14-7-4-3-5-8-14)20(21(24)25)23-29(26,27)16-11-9-15(22)10-12-16/h2-5,7-12,17-20,23H,1,6,13H2,(H,24,25)/t17-,18+,19+,20+/m0/s1. The number of carbonyl (C=O) groups is 1. The molecule has 4 atom stereocenters. The molecule has 154 valence electrons. The van der Waals surface area contributed by atoms with E-state index in [0.29, 0.717) is 12.8 Å². The number of hydrogen-bond donors (Lipinski definition) is 2. The van der Waals surface area contributed by atoms with Crippen LogP contribution in [0.1, 0.15) is 24.5 Å². The summed E-state index contributed by atoms with van der Waals surface area (Å²) in [6, 6.07) is 12.2. The number of ether oxygens (including phenoxy) is 1. The molecule has 1 fully saturated rings. The van der Waals surface area contributed by atoms with Crippen LogP contribution in [-0.4, -0.2) is 31.6 Å². The summed E-state index contributed by atoms with van der Waals surface area (Å²) >= 11 is 0. The molecule has 2 N–H and O–H groups in total. The molecule has 8 heteroatoms. The van der Waals surface area contributed by atoms with Crippen molar-refractivity contribution in [3.05, 3.63) is 78.6 Å². The van der Waals surface area contributed by atoms with Gasteiger partial charge in [-0.1, -0.05) is 36.4 Å². The Kier molecular flexibility index (Phi) is 6.46. The molecular weight excluding hydrogens is 397 g/mol. The molecule has 0 amide bonds. The molecule has 0 bridgehead atoms. The minimum absolute atomic E-state index is 0.205. The topological polar surface area (TPSA) is 92.7 Å². The van der Waals surface area contributed by atoms with E-state index < -0.39 is 39.9 Å². The smallest absolute Gasteiger partial charge is 0.322 e. The van der Waals surface area contributed by atoms with E-state index in [-0.39, 0.29) is 11.0 Å². The van der Waals surface area contributed by atoms with Gasteiger partial charge in [-0.3, -0.25) is 4.79 Å². The van der Waals surface area contributed by atoms with E-state index in [1.165, 1.54) is 0 Å². The number of hydrogen-bond acceptors (Lipinski definition) is 4. The largest absolute Gasteiger partial charge is 0.480 e. The Labute approximate surface area is 169 Å². The maximum absolute atomic E-state index is 13.1. The predicted molar refractivity (Wildman–Crippen MR) is 105 cm³/mol. The SMILES string of the molecule is C=CC[C@H]1O[C@@H](c2ccccc2)C[C@@H]1[C@@H](NS(=O)(=O)c1ccc(F)cc1)C(=O)O. The van der Waals surface area contributed by atoms with Gasteiger partial charge in [-0.05, 0) is 42.7 Å². The van der Waals surface area contributed by atoms with Crippen LogP contribution in [0.3, 0.4) is 0 Å². The van der Waals surface area contributed by atoms with Gasteiger partial charge in [0, 0.05) is 5.92 Å². The summed E-state index contributed by atoms with van der Waals surface area (Å²) in [5.41, 5.74) is 0.898. The number of nitrogens with one attached hydrogen (secondary N) is 1. The molecule has 1 heterocycles. The molecule has 0 aliphatic carbocycles. The molecule has 2 aromatic rings. The predicted octanol–water partition coefficient (Wildman–Crippen LogP) is 3.28. The second kappa shape index (κ2) is 8.86. The molecule has 6 nitrogen and oxygen atoms in total. The second-order valence-corrected chi connectivity index (χ2v) is 8.60. The van der Waals surface area contributed by atoms with Gasteiger partial charge in [0.15, 0.2) is 0 Å². The lowest BCUT2D eigenvalue weighted by atomic mass is 9.89. The van der Waals surface area contributed by atoms with Crippen LogP contribution in [-0.2, 0) is 19.6 Å². The van der Waals surface area contributed by atoms with Gasteiger partial charge in [0.2, 0.25) is 10.0 Å². The van der Waals surface area contributed by atoms with Crippen molar-refractivity contribution in [2.45, 2.75) is 36.0 Å². The molecule has 29 heavy (non-hydrogen) atoms. The summed E-state index contributed by atoms with van der Waals surface area (Å²) in [5.74, 6) is -2.49. The number of sulfonamides is 1. The quantitative estimate of drug-likeness (QED) is 0.641. The first kappa shape index (κ1) is 21.2. The fourth-order valence-electron chi connectivity index (χ4n) is 3.56. The van der Waals surface area contributed by atoms with Gasteiger partial charge >= 0.3 is 5.97 Å². The lowest BCUT2D eigenvalue weighted by Gasteiger charge is -2.24. The minimum Gasteiger partial charge on any atom is -0.480 e. The maximum atomic E-state index is 13.1. The Bertz CT molecular complexity index is 962. The van der Waals surface area contributed by atoms with Crippen LogP contribution >= 0.6 is 0 Å². The highest BCUT2D eigenvalue weighted by Crippen LogP contribution is 2.40. The van der Waals surface area contributed by atoms with Crippen LogP contribution in [0, 0.1) is 11.7 Å². The van der Waals surface area contributed by atoms with Gasteiger partial charge in [-0.25, -0.2) is 12.8 Å². The number of benzene rings is 2. The summed E-state index contributed by atoms with van der Waals surface area (Å²) in [5, 5.41) is 9.76. The second-order valence-electron chi connectivity index (χ2n) is 6.89. The van der Waals surface area contributed by atoms with Crippen LogP contribution in [0.15, 0.2) is 72.1 Å². The van der Waals surface area contributed by atoms with Crippen molar-refractivity contribution in [3.8, 4) is 0 Å². The average molecular weight is 419 g/mol. The average Bonchev–Trinajstić information content (AvgIpc) is 3.11. The summed E-state index contributed by atoms with van der Waals surface area (Å²) in [6.07, 6.45) is 1.50. The summed E-state index contributed by atoms with van der Waals surface area (Å²) in [7, 11) is -4.16. The minimum atomic E-state index is -4.16. The zero-order chi connectivity index (χ0) is 21.0. The third-order valence-electron chi connectivity index (χ3n) is 4.97. The maximum Gasteiger partial charge on any atom is 0.322 e. The van der Waals surface area contributed by atoms with Crippen LogP contribution in [0.4, 0.5) is 4.39 Å². The lowest BCUT2D eigenvalue weighted by Crippen LogP contribution is -2.48. The van der Waals surface area contributed by atoms with E-state index in [2.05, 4.69) is 11.3 Å². The van der Waals surface area contributed by atoms with Gasteiger partial charge in [0.25, 0.3) is 0 Å². The van der Waals surface area contributed by atoms with Crippen LogP contribution in [0.5, 0.6) is 0 Å². The monoisotopic (exact) mass is 419 g/mol. The van der Waals surface area contributed by atoms with E-state index in [1.807, 2.05) is 30.3 Å². The fraction of sp³-hybridized carbons (Fsp3) is 0.286. The highest BCUT2D eigenvalue weighted by molar-refractivity contribution is 7.89. The molecule has 0 aromatic heterocycles. The van der Waals surface area contributed by atoms with E-state index in [9.17, 15) is 22.7 Å². The number of halogens is 1. The van der Waals surface area contributed by atoms with E-state index in [1.54, 1.807) is 6.08 Å². The van der Waals surface area contributed by atoms with E-state index in [4.69, 9.17) is 4.74 Å². The van der Waals surface area contributed by atoms with Crippen molar-refractivity contribution in [3.63, 3.8) is 0 Å². The van der Waals surface area contributed by atoms with E-state index >= 15 is 0 Å². The van der Waals surface area contributed by atoms with Crippen molar-refractivity contribution in [2.24, 2.45) is 5.92 Å². The first-order valence-electron chi connectivity index (χ1n) is 9.14. The highest BCUT2D eigenvalue weighted by atomic mass is 32.2. The Morgan fingerprint density at radius 1 is 1.24 bits per heavy atom. The molecule has 2 aromatic carbocycles. The van der Waals surface area contributed by atoms with Crippen molar-refractivity contribution < 1.29 is 27.4 Å². The summed E-state index contributed by atoms with van der Waals surface area (Å²) in [6.45, 7) is 3.69. The first-order chi connectivity index (χ1) is 13.8. The highest BCUT2D eigenvalue weighted by Gasteiger charge is 2.44. The number of carboxylic acids is 1. The molecule has 1 aliphatic heterocycles. The summed E-state index contributed by atoms with van der Waals surface area (Å²) < 4.78 is 46.8. The lowest BCUT2D eigenvalue weighted by molar-refractivity contribution is -0.141. The molecule has 0 spiro atoms. The Balaban J connectivity index is 1.87. The van der Waals surface area contributed by atoms with Gasteiger partial charge in [0.05, 0.1) is 17.1 Å². The van der Waals surface area contributed by atoms with E-state index in [0.717, 1.165) is 29.8 Å². The van der Waals surface area contributed by atoms with Crippen molar-refractivity contribution in [1.29, 1.82) is 0 Å². The number of aliphatic carboxylic acids is 1. The molecule has 0 unspecified atom stereocenters. The molecule has 1 aliphatic rings. The van der Waals surface area contributed by atoms with Crippen molar-refractivity contribution in [2.75, 3.05) is 0 Å². The number of rotatable bonds is 8. The van der Waals surface area contributed by atoms with Gasteiger partial charge < -0.3 is 9.84 Å². The van der Waals surface area contributed by atoms with Crippen LogP contribution in [0.25, 0.3) is 0 Å². The third kappa shape index (κ3) is 4.90. The summed E-state index contributed by atoms with van der Waals surface area (Å²) in [4.78, 5) is 11.8. The first-order valence-corrected chi connectivity index (χ1v) is 10.6. The third-order valence-corrected chi connectivity index (χ3v) is 6.43. The van der Waals surface area contributed by atoms with Gasteiger partial charge in [0.1, 0.15) is 11.9 Å². The normalized spacial score (nSPS) is 22.9. The Morgan fingerprint density at radius 2 is 1.90 bits per heavy atom. The van der Waals surface area contributed by atoms with Crippen molar-refractivity contribution in [1.82, 2.24) is 4.72 Å². The molecule has 3 rings (SSSR count). The molecular formula is C21H22FNO5S. The fourth-order valence-corrected chi connectivity index (χ4v) is 4.80. The van der Waals surface area contributed by atoms with Gasteiger partial charge in [-0.15, -0.1) is 6.58 Å². The number of carboxylic acid groups (broad SMARTS) is 1. The van der Waals surface area contributed by atoms with Crippen LogP contribution in [0.2, 0.25) is 0 Å². The Hall–Kier alpha value is -2.55. The zero-order valence-electron chi connectivity index (χ0n) is 15.6. The van der Waals surface area contributed by atoms with Crippen molar-refractivity contribution >= 4 is 16.0 Å². The zero-order valence-corrected chi connectivity index (χ0v) is 16.4. The molecule has 1 saturated heterocycles. The molecule has 0 radical (unpaired) electrons.